The first-order valence-corrected chi connectivity index (χ1v) is 23.3. The van der Waals surface area contributed by atoms with Crippen LogP contribution in [-0.4, -0.2) is 0 Å². The van der Waals surface area contributed by atoms with Crippen molar-refractivity contribution in [3.63, 3.8) is 0 Å². The van der Waals surface area contributed by atoms with Crippen LogP contribution in [-0.2, 0) is 0 Å². The molecule has 0 aliphatic heterocycles. The highest BCUT2D eigenvalue weighted by Crippen LogP contribution is 2.48. The van der Waals surface area contributed by atoms with Gasteiger partial charge in [0.1, 0.15) is 11.3 Å². The average molecular weight is 866 g/mol. The van der Waals surface area contributed by atoms with Crippen molar-refractivity contribution in [3.8, 4) is 55.8 Å². The van der Waals surface area contributed by atoms with E-state index < -0.39 is 0 Å². The summed E-state index contributed by atoms with van der Waals surface area (Å²) in [7, 11) is 0. The van der Waals surface area contributed by atoms with Crippen LogP contribution >= 0.6 is 0 Å². The van der Waals surface area contributed by atoms with Gasteiger partial charge >= 0.3 is 0 Å². The Morgan fingerprint density at radius 2 is 0.735 bits per heavy atom. The Morgan fingerprint density at radius 1 is 0.265 bits per heavy atom. The number of nitrogens with zero attached hydrogens (tertiary/aromatic N) is 1. The molecule has 0 fully saturated rings. The monoisotopic (exact) mass is 865 g/mol. The normalized spacial score (nSPS) is 11.5. The predicted octanol–water partition coefficient (Wildman–Crippen LogP) is 18.9. The summed E-state index contributed by atoms with van der Waals surface area (Å²) in [6, 6.07) is 94.2. The van der Waals surface area contributed by atoms with E-state index in [4.69, 9.17) is 4.42 Å². The highest BCUT2D eigenvalue weighted by Gasteiger charge is 2.23. The largest absolute Gasteiger partial charge is 0.455 e. The van der Waals surface area contributed by atoms with Crippen LogP contribution < -0.4 is 4.90 Å². The van der Waals surface area contributed by atoms with Crippen LogP contribution in [0.3, 0.4) is 0 Å². The van der Waals surface area contributed by atoms with E-state index in [2.05, 4.69) is 266 Å². The molecule has 0 amide bonds. The molecule has 13 aromatic rings. The molecule has 318 valence electrons. The highest BCUT2D eigenvalue weighted by atomic mass is 16.3. The summed E-state index contributed by atoms with van der Waals surface area (Å²) in [4.78, 5) is 2.38. The van der Waals surface area contributed by atoms with E-state index in [1.54, 1.807) is 0 Å². The summed E-state index contributed by atoms with van der Waals surface area (Å²) in [6.45, 7) is 0. The van der Waals surface area contributed by atoms with E-state index >= 15 is 0 Å². The number of fused-ring (bicyclic) bond motifs is 8. The first-order chi connectivity index (χ1) is 33.7. The number of hydrogen-bond acceptors (Lipinski definition) is 2. The topological polar surface area (TPSA) is 16.4 Å². The van der Waals surface area contributed by atoms with Crippen molar-refractivity contribution in [2.75, 3.05) is 4.90 Å². The quantitative estimate of drug-likeness (QED) is 0.142. The Bertz CT molecular complexity index is 3870. The first-order valence-electron chi connectivity index (χ1n) is 23.3. The van der Waals surface area contributed by atoms with Crippen LogP contribution in [0, 0.1) is 0 Å². The lowest BCUT2D eigenvalue weighted by Gasteiger charge is -2.26. The van der Waals surface area contributed by atoms with Crippen LogP contribution in [0.5, 0.6) is 0 Å². The van der Waals surface area contributed by atoms with E-state index in [1.165, 1.54) is 54.6 Å². The molecule has 0 N–H and O–H groups in total. The van der Waals surface area contributed by atoms with Crippen LogP contribution in [0.25, 0.3) is 110 Å². The molecule has 1 aromatic heterocycles. The van der Waals surface area contributed by atoms with Gasteiger partial charge in [0.2, 0.25) is 0 Å². The van der Waals surface area contributed by atoms with Crippen LogP contribution in [0.15, 0.2) is 265 Å². The molecular formula is C66H43NO. The molecule has 2 heteroatoms. The Labute approximate surface area is 395 Å². The summed E-state index contributed by atoms with van der Waals surface area (Å²) in [5, 5.41) is 10.8. The Hall–Kier alpha value is -8.98. The fourth-order valence-electron chi connectivity index (χ4n) is 10.4. The van der Waals surface area contributed by atoms with Gasteiger partial charge in [-0.05, 0) is 125 Å². The molecule has 13 rings (SSSR count). The van der Waals surface area contributed by atoms with Crippen molar-refractivity contribution in [1.29, 1.82) is 0 Å². The minimum atomic E-state index is 0.886. The second-order valence-corrected chi connectivity index (χ2v) is 17.6. The third kappa shape index (κ3) is 6.73. The van der Waals surface area contributed by atoms with E-state index in [-0.39, 0.29) is 0 Å². The molecule has 0 bridgehead atoms. The van der Waals surface area contributed by atoms with Crippen molar-refractivity contribution < 1.29 is 4.42 Å². The van der Waals surface area contributed by atoms with Crippen LogP contribution in [0.2, 0.25) is 0 Å². The van der Waals surface area contributed by atoms with Crippen molar-refractivity contribution in [2.45, 2.75) is 0 Å². The number of anilines is 3. The van der Waals surface area contributed by atoms with Crippen molar-refractivity contribution in [3.05, 3.63) is 261 Å². The van der Waals surface area contributed by atoms with Gasteiger partial charge in [-0.3, -0.25) is 0 Å². The standard InChI is InChI=1S/C66H43NO/c1-3-18-48(19-4-1)63-64-60-29-12-11-28-59(60)62-43-51(36-41-61(62)66(64)68-65(63)49-20-5-2-6-21-49)50-24-13-25-54(42-50)67(52-37-32-46(33-38-52)57-30-14-22-44-16-7-9-26-55(44)57)53-39-34-47(35-40-53)58-31-15-23-45-17-8-10-27-56(45)58/h1-43H. The SMILES string of the molecule is c1ccc(-c2oc3c4ccc(-c5cccc(N(c6ccc(-c7cccc8ccccc78)cc6)c6ccc(-c7cccc8ccccc78)cc6)c5)cc4c4ccccc4c3c2-c2ccccc2)cc1. The van der Waals surface area contributed by atoms with Gasteiger partial charge < -0.3 is 9.32 Å². The molecular weight excluding hydrogens is 823 g/mol. The molecule has 0 aliphatic rings. The zero-order valence-corrected chi connectivity index (χ0v) is 37.2. The summed E-state index contributed by atoms with van der Waals surface area (Å²) in [6.07, 6.45) is 0. The van der Waals surface area contributed by atoms with Crippen molar-refractivity contribution in [2.24, 2.45) is 0 Å². The second kappa shape index (κ2) is 16.5. The predicted molar refractivity (Wildman–Crippen MR) is 288 cm³/mol. The highest BCUT2D eigenvalue weighted by molar-refractivity contribution is 6.29. The molecule has 0 saturated heterocycles. The fraction of sp³-hybridized carbons (Fsp3) is 0. The van der Waals surface area contributed by atoms with E-state index in [0.717, 1.165) is 72.4 Å². The zero-order chi connectivity index (χ0) is 45.0. The van der Waals surface area contributed by atoms with Gasteiger partial charge in [-0.15, -0.1) is 0 Å². The van der Waals surface area contributed by atoms with Gasteiger partial charge in [0, 0.05) is 39.0 Å². The number of furan rings is 1. The summed E-state index contributed by atoms with van der Waals surface area (Å²) < 4.78 is 7.06. The molecule has 2 nitrogen and oxygen atoms in total. The summed E-state index contributed by atoms with van der Waals surface area (Å²) >= 11 is 0. The van der Waals surface area contributed by atoms with Gasteiger partial charge in [0.05, 0.1) is 0 Å². The molecule has 68 heavy (non-hydrogen) atoms. The van der Waals surface area contributed by atoms with Gasteiger partial charge in [-0.1, -0.05) is 212 Å². The third-order valence-corrected chi connectivity index (χ3v) is 13.6. The maximum absolute atomic E-state index is 7.06. The Balaban J connectivity index is 0.952. The number of rotatable bonds is 8. The maximum Gasteiger partial charge on any atom is 0.143 e. The smallest absolute Gasteiger partial charge is 0.143 e. The fourth-order valence-corrected chi connectivity index (χ4v) is 10.4. The third-order valence-electron chi connectivity index (χ3n) is 13.6. The summed E-state index contributed by atoms with van der Waals surface area (Å²) in [5.74, 6) is 0.886. The molecule has 0 aliphatic carbocycles. The van der Waals surface area contributed by atoms with Crippen LogP contribution in [0.1, 0.15) is 0 Å². The molecule has 0 radical (unpaired) electrons. The maximum atomic E-state index is 7.06. The lowest BCUT2D eigenvalue weighted by Crippen LogP contribution is -2.10. The number of hydrogen-bond donors (Lipinski definition) is 0. The van der Waals surface area contributed by atoms with E-state index in [1.807, 2.05) is 0 Å². The van der Waals surface area contributed by atoms with E-state index in [9.17, 15) is 0 Å². The lowest BCUT2D eigenvalue weighted by atomic mass is 9.91. The second-order valence-electron chi connectivity index (χ2n) is 17.6. The van der Waals surface area contributed by atoms with Gasteiger partial charge in [-0.2, -0.15) is 0 Å². The van der Waals surface area contributed by atoms with Gasteiger partial charge in [0.25, 0.3) is 0 Å². The lowest BCUT2D eigenvalue weighted by molar-refractivity contribution is 0.636. The molecule has 0 saturated carbocycles. The van der Waals surface area contributed by atoms with E-state index in [0.29, 0.717) is 0 Å². The zero-order valence-electron chi connectivity index (χ0n) is 37.2. The molecule has 1 heterocycles. The minimum absolute atomic E-state index is 0.886. The van der Waals surface area contributed by atoms with Crippen molar-refractivity contribution in [1.82, 2.24) is 0 Å². The van der Waals surface area contributed by atoms with Gasteiger partial charge in [0.15, 0.2) is 0 Å². The average Bonchev–Trinajstić information content (AvgIpc) is 3.83. The first kappa shape index (κ1) is 39.4. The molecule has 0 atom stereocenters. The minimum Gasteiger partial charge on any atom is -0.455 e. The molecule has 0 unspecified atom stereocenters. The summed E-state index contributed by atoms with van der Waals surface area (Å²) in [5.41, 5.74) is 14.6. The molecule has 0 spiro atoms. The Kier molecular flexibility index (Phi) is 9.54. The van der Waals surface area contributed by atoms with Gasteiger partial charge in [-0.25, -0.2) is 0 Å². The Morgan fingerprint density at radius 3 is 1.35 bits per heavy atom. The van der Waals surface area contributed by atoms with Crippen LogP contribution in [0.4, 0.5) is 17.1 Å². The number of benzene rings is 12. The molecule has 12 aromatic carbocycles. The van der Waals surface area contributed by atoms with Crippen molar-refractivity contribution >= 4 is 71.1 Å².